The summed E-state index contributed by atoms with van der Waals surface area (Å²) in [6, 6.07) is 15.6. The Morgan fingerprint density at radius 3 is 2.58 bits per heavy atom. The van der Waals surface area contributed by atoms with Crippen molar-refractivity contribution in [2.24, 2.45) is 5.92 Å². The first-order valence-corrected chi connectivity index (χ1v) is 8.41. The number of hydrogen-bond donors (Lipinski definition) is 2. The van der Waals surface area contributed by atoms with Crippen LogP contribution in [0.15, 0.2) is 48.5 Å². The number of aromatic nitrogens is 1. The molecule has 5 heteroatoms. The van der Waals surface area contributed by atoms with E-state index in [-0.39, 0.29) is 5.69 Å². The molecule has 0 saturated carbocycles. The molecule has 126 valence electrons. The van der Waals surface area contributed by atoms with Crippen LogP contribution < -0.4 is 5.32 Å². The largest absolute Gasteiger partial charge is 0.477 e. The van der Waals surface area contributed by atoms with Gasteiger partial charge in [0.25, 0.3) is 0 Å². The van der Waals surface area contributed by atoms with E-state index in [0.29, 0.717) is 11.7 Å². The zero-order valence-corrected chi connectivity index (χ0v) is 13.7. The highest BCUT2D eigenvalue weighted by molar-refractivity contribution is 5.85. The normalized spacial score (nSPS) is 16.0. The highest BCUT2D eigenvalue weighted by Gasteiger charge is 2.19. The van der Waals surface area contributed by atoms with Gasteiger partial charge in [-0.2, -0.15) is 0 Å². The molecule has 1 saturated heterocycles. The van der Waals surface area contributed by atoms with Crippen LogP contribution in [0.5, 0.6) is 0 Å². The summed E-state index contributed by atoms with van der Waals surface area (Å²) < 4.78 is 0. The molecule has 0 atom stereocenters. The van der Waals surface area contributed by atoms with Crippen LogP contribution in [0.1, 0.15) is 28.9 Å². The number of aromatic carboxylic acids is 1. The first-order valence-electron chi connectivity index (χ1n) is 8.41. The second-order valence-corrected chi connectivity index (χ2v) is 6.30. The number of carbonyl (C=O) groups is 1. The summed E-state index contributed by atoms with van der Waals surface area (Å²) in [5.74, 6) is 0.252. The van der Waals surface area contributed by atoms with Gasteiger partial charge in [-0.25, -0.2) is 9.78 Å². The smallest absolute Gasteiger partial charge is 0.354 e. The number of benzene rings is 1. The number of rotatable bonds is 6. The molecule has 24 heavy (non-hydrogen) atoms. The molecule has 3 rings (SSSR count). The summed E-state index contributed by atoms with van der Waals surface area (Å²) >= 11 is 0. The van der Waals surface area contributed by atoms with Gasteiger partial charge in [0.15, 0.2) is 5.69 Å². The van der Waals surface area contributed by atoms with E-state index in [9.17, 15) is 4.79 Å². The second kappa shape index (κ2) is 7.93. The van der Waals surface area contributed by atoms with Crippen molar-refractivity contribution in [2.45, 2.75) is 19.4 Å². The van der Waals surface area contributed by atoms with Gasteiger partial charge in [-0.3, -0.25) is 4.90 Å². The predicted octanol–water partition coefficient (Wildman–Crippen LogP) is 3.10. The van der Waals surface area contributed by atoms with Crippen molar-refractivity contribution >= 4 is 11.8 Å². The molecule has 0 bridgehead atoms. The lowest BCUT2D eigenvalue weighted by Crippen LogP contribution is -2.35. The Morgan fingerprint density at radius 1 is 1.12 bits per heavy atom. The Morgan fingerprint density at radius 2 is 1.88 bits per heavy atom. The minimum atomic E-state index is -0.993. The van der Waals surface area contributed by atoms with Crippen molar-refractivity contribution in [3.8, 4) is 0 Å². The maximum Gasteiger partial charge on any atom is 0.354 e. The van der Waals surface area contributed by atoms with Gasteiger partial charge in [-0.05, 0) is 49.5 Å². The summed E-state index contributed by atoms with van der Waals surface area (Å²) in [5.41, 5.74) is 1.45. The van der Waals surface area contributed by atoms with E-state index in [1.807, 2.05) is 6.07 Å². The topological polar surface area (TPSA) is 65.5 Å². The first-order chi connectivity index (χ1) is 11.7. The molecule has 1 fully saturated rings. The number of carboxylic acid groups (broad SMARTS) is 1. The number of anilines is 1. The van der Waals surface area contributed by atoms with E-state index in [2.05, 4.69) is 45.5 Å². The predicted molar refractivity (Wildman–Crippen MR) is 94.1 cm³/mol. The molecule has 5 nitrogen and oxygen atoms in total. The maximum absolute atomic E-state index is 10.9. The number of pyridine rings is 1. The van der Waals surface area contributed by atoms with E-state index < -0.39 is 5.97 Å². The number of hydrogen-bond acceptors (Lipinski definition) is 4. The van der Waals surface area contributed by atoms with Crippen molar-refractivity contribution in [3.05, 3.63) is 59.8 Å². The van der Waals surface area contributed by atoms with E-state index in [1.54, 1.807) is 6.07 Å². The molecule has 0 unspecified atom stereocenters. The Kier molecular flexibility index (Phi) is 5.43. The third kappa shape index (κ3) is 4.55. The molecule has 1 aliphatic rings. The van der Waals surface area contributed by atoms with Crippen molar-refractivity contribution in [1.82, 2.24) is 9.88 Å². The van der Waals surface area contributed by atoms with Gasteiger partial charge < -0.3 is 10.4 Å². The first kappa shape index (κ1) is 16.5. The van der Waals surface area contributed by atoms with Crippen LogP contribution in [-0.4, -0.2) is 40.6 Å². The minimum Gasteiger partial charge on any atom is -0.477 e. The number of likely N-dealkylation sites (tertiary alicyclic amines) is 1. The average Bonchev–Trinajstić information content (AvgIpc) is 2.62. The Hall–Kier alpha value is -2.40. The minimum absolute atomic E-state index is 0.0812. The summed E-state index contributed by atoms with van der Waals surface area (Å²) in [7, 11) is 0. The highest BCUT2D eigenvalue weighted by Crippen LogP contribution is 2.19. The van der Waals surface area contributed by atoms with Crippen LogP contribution in [-0.2, 0) is 6.54 Å². The standard InChI is InChI=1S/C19H23N3O2/c23-19(24)17-7-4-8-18(21-17)20-13-15-9-11-22(12-10-15)14-16-5-2-1-3-6-16/h1-8,15H,9-14H2,(H,20,21)(H,23,24). The van der Waals surface area contributed by atoms with Gasteiger partial charge in [0, 0.05) is 13.1 Å². The lowest BCUT2D eigenvalue weighted by atomic mass is 9.96. The SMILES string of the molecule is O=C(O)c1cccc(NCC2CCN(Cc3ccccc3)CC2)n1. The number of nitrogens with one attached hydrogen (secondary N) is 1. The third-order valence-electron chi connectivity index (χ3n) is 4.50. The van der Waals surface area contributed by atoms with Crippen LogP contribution in [0.2, 0.25) is 0 Å². The van der Waals surface area contributed by atoms with Crippen molar-refractivity contribution in [3.63, 3.8) is 0 Å². The molecule has 1 aliphatic heterocycles. The van der Waals surface area contributed by atoms with E-state index in [4.69, 9.17) is 5.11 Å². The molecule has 2 N–H and O–H groups in total. The zero-order valence-electron chi connectivity index (χ0n) is 13.7. The lowest BCUT2D eigenvalue weighted by molar-refractivity contribution is 0.0690. The summed E-state index contributed by atoms with van der Waals surface area (Å²) in [6.07, 6.45) is 2.30. The number of carboxylic acids is 1. The fraction of sp³-hybridized carbons (Fsp3) is 0.368. The summed E-state index contributed by atoms with van der Waals surface area (Å²) in [6.45, 7) is 4.06. The van der Waals surface area contributed by atoms with Crippen LogP contribution in [0, 0.1) is 5.92 Å². The molecule has 0 radical (unpaired) electrons. The second-order valence-electron chi connectivity index (χ2n) is 6.30. The van der Waals surface area contributed by atoms with Crippen molar-refractivity contribution in [1.29, 1.82) is 0 Å². The fourth-order valence-corrected chi connectivity index (χ4v) is 3.09. The van der Waals surface area contributed by atoms with Gasteiger partial charge in [0.1, 0.15) is 5.82 Å². The van der Waals surface area contributed by atoms with Gasteiger partial charge in [-0.15, -0.1) is 0 Å². The molecule has 1 aromatic heterocycles. The van der Waals surface area contributed by atoms with Crippen LogP contribution in [0.25, 0.3) is 0 Å². The Bertz CT molecular complexity index is 667. The van der Waals surface area contributed by atoms with E-state index >= 15 is 0 Å². The van der Waals surface area contributed by atoms with Gasteiger partial charge >= 0.3 is 5.97 Å². The number of nitrogens with zero attached hydrogens (tertiary/aromatic N) is 2. The summed E-state index contributed by atoms with van der Waals surface area (Å²) in [4.78, 5) is 17.6. The van der Waals surface area contributed by atoms with Gasteiger partial charge in [-0.1, -0.05) is 36.4 Å². The lowest BCUT2D eigenvalue weighted by Gasteiger charge is -2.32. The number of piperidine rings is 1. The monoisotopic (exact) mass is 325 g/mol. The average molecular weight is 325 g/mol. The molecule has 0 amide bonds. The Labute approximate surface area is 142 Å². The molecule has 2 heterocycles. The molecule has 0 spiro atoms. The Balaban J connectivity index is 1.44. The van der Waals surface area contributed by atoms with Crippen molar-refractivity contribution < 1.29 is 9.90 Å². The van der Waals surface area contributed by atoms with E-state index in [0.717, 1.165) is 39.0 Å². The van der Waals surface area contributed by atoms with Crippen LogP contribution in [0.3, 0.4) is 0 Å². The van der Waals surface area contributed by atoms with Gasteiger partial charge in [0.05, 0.1) is 0 Å². The molecular weight excluding hydrogens is 302 g/mol. The van der Waals surface area contributed by atoms with E-state index in [1.165, 1.54) is 11.6 Å². The zero-order chi connectivity index (χ0) is 16.8. The molecule has 0 aliphatic carbocycles. The molecular formula is C19H23N3O2. The molecule has 1 aromatic carbocycles. The summed E-state index contributed by atoms with van der Waals surface area (Å²) in [5, 5.41) is 12.3. The third-order valence-corrected chi connectivity index (χ3v) is 4.50. The van der Waals surface area contributed by atoms with Crippen molar-refractivity contribution in [2.75, 3.05) is 25.0 Å². The van der Waals surface area contributed by atoms with Crippen LogP contribution >= 0.6 is 0 Å². The van der Waals surface area contributed by atoms with Crippen LogP contribution in [0.4, 0.5) is 5.82 Å². The van der Waals surface area contributed by atoms with Gasteiger partial charge in [0.2, 0.25) is 0 Å². The maximum atomic E-state index is 10.9. The fourth-order valence-electron chi connectivity index (χ4n) is 3.09. The molecule has 2 aromatic rings. The highest BCUT2D eigenvalue weighted by atomic mass is 16.4. The quantitative estimate of drug-likeness (QED) is 0.854.